The molecule has 0 amide bonds. The van der Waals surface area contributed by atoms with E-state index in [4.69, 9.17) is 10.5 Å². The minimum Gasteiger partial charge on any atom is -0.404 e. The number of aryl methyl sites for hydroxylation is 1. The molecule has 1 fully saturated rings. The summed E-state index contributed by atoms with van der Waals surface area (Å²) >= 11 is 0. The van der Waals surface area contributed by atoms with E-state index < -0.39 is 11.9 Å². The molecule has 1 aromatic carbocycles. The zero-order chi connectivity index (χ0) is 26.3. The monoisotopic (exact) mass is 511 g/mol. The van der Waals surface area contributed by atoms with Crippen LogP contribution in [0.1, 0.15) is 13.2 Å². The Bertz CT molecular complexity index is 1670. The lowest BCUT2D eigenvalue weighted by Crippen LogP contribution is -2.37. The van der Waals surface area contributed by atoms with Crippen molar-refractivity contribution < 1.29 is 19.3 Å². The van der Waals surface area contributed by atoms with Gasteiger partial charge in [-0.25, -0.2) is 0 Å². The zero-order valence-corrected chi connectivity index (χ0v) is 19.6. The molecule has 0 unspecified atom stereocenters. The Kier molecular flexibility index (Phi) is 6.08. The fourth-order valence-electron chi connectivity index (χ4n) is 4.34. The van der Waals surface area contributed by atoms with E-state index in [9.17, 15) is 22.8 Å². The molecule has 0 bridgehead atoms. The number of alkyl halides is 3. The lowest BCUT2D eigenvalue weighted by Gasteiger charge is -2.29. The van der Waals surface area contributed by atoms with Gasteiger partial charge in [-0.3, -0.25) is 9.59 Å². The summed E-state index contributed by atoms with van der Waals surface area (Å²) in [6, 6.07) is 12.4. The van der Waals surface area contributed by atoms with Crippen molar-refractivity contribution >= 4 is 22.7 Å². The van der Waals surface area contributed by atoms with Gasteiger partial charge in [0.1, 0.15) is 5.52 Å². The number of rotatable bonds is 5. The van der Waals surface area contributed by atoms with Gasteiger partial charge in [-0.1, -0.05) is 30.3 Å². The molecule has 0 spiro atoms. The first kappa shape index (κ1) is 24.3. The Labute approximate surface area is 209 Å². The highest BCUT2D eigenvalue weighted by Gasteiger charge is 2.26. The molecule has 4 heterocycles. The van der Waals surface area contributed by atoms with Crippen molar-refractivity contribution in [3.63, 3.8) is 0 Å². The number of H-pyrrole nitrogens is 1. The third kappa shape index (κ3) is 4.60. The average molecular weight is 512 g/mol. The molecule has 0 atom stereocenters. The average Bonchev–Trinajstić information content (AvgIpc) is 3.27. The van der Waals surface area contributed by atoms with Gasteiger partial charge in [-0.15, -0.1) is 13.2 Å². The molecule has 1 aliphatic heterocycles. The summed E-state index contributed by atoms with van der Waals surface area (Å²) in [6.45, 7) is 0.874. The van der Waals surface area contributed by atoms with E-state index in [0.29, 0.717) is 35.9 Å². The number of ether oxygens (including phenoxy) is 1. The largest absolute Gasteiger partial charge is 0.503 e. The highest BCUT2D eigenvalue weighted by atomic mass is 19.4. The van der Waals surface area contributed by atoms with Crippen molar-refractivity contribution in [2.45, 2.75) is 12.3 Å². The van der Waals surface area contributed by atoms with Gasteiger partial charge >= 0.3 is 6.30 Å². The van der Waals surface area contributed by atoms with Crippen molar-refractivity contribution in [3.8, 4) is 22.3 Å². The molecule has 4 aromatic rings. The van der Waals surface area contributed by atoms with E-state index in [1.807, 2.05) is 30.3 Å². The van der Waals surface area contributed by atoms with Gasteiger partial charge < -0.3 is 24.6 Å². The predicted octanol–water partition coefficient (Wildman–Crippen LogP) is 4.07. The minimum absolute atomic E-state index is 0. The topological polar surface area (TPSA) is 107 Å². The molecule has 3 aromatic heterocycles. The maximum absolute atomic E-state index is 13.1. The van der Waals surface area contributed by atoms with Crippen molar-refractivity contribution in [3.05, 3.63) is 87.5 Å². The summed E-state index contributed by atoms with van der Waals surface area (Å²) < 4.78 is 46.3. The summed E-state index contributed by atoms with van der Waals surface area (Å²) in [5.41, 5.74) is 7.96. The third-order valence-corrected chi connectivity index (χ3v) is 6.27. The number of aromatic nitrogens is 3. The van der Waals surface area contributed by atoms with E-state index in [1.54, 1.807) is 24.0 Å². The van der Waals surface area contributed by atoms with Gasteiger partial charge in [0, 0.05) is 67.1 Å². The molecule has 0 radical (unpaired) electrons. The lowest BCUT2D eigenvalue weighted by molar-refractivity contribution is -0.118. The summed E-state index contributed by atoms with van der Waals surface area (Å²) in [6.07, 6.45) is 0.177. The van der Waals surface area contributed by atoms with Crippen molar-refractivity contribution in [2.75, 3.05) is 13.2 Å². The van der Waals surface area contributed by atoms with Crippen LogP contribution >= 0.6 is 0 Å². The van der Waals surface area contributed by atoms with Crippen LogP contribution in [0.3, 0.4) is 0 Å². The second-order valence-electron chi connectivity index (χ2n) is 8.68. The summed E-state index contributed by atoms with van der Waals surface area (Å²) in [7, 11) is 1.56. The van der Waals surface area contributed by atoms with Crippen LogP contribution in [0.15, 0.2) is 75.6 Å². The summed E-state index contributed by atoms with van der Waals surface area (Å²) in [5, 5.41) is 0.430. The molecule has 3 N–H and O–H groups in total. The van der Waals surface area contributed by atoms with Crippen LogP contribution in [-0.4, -0.2) is 39.8 Å². The minimum atomic E-state index is -4.78. The van der Waals surface area contributed by atoms with Gasteiger partial charge in [-0.05, 0) is 17.2 Å². The fraction of sp³-hybridized carbons (Fsp3) is 0.192. The molecule has 8 nitrogen and oxygen atoms in total. The Morgan fingerprint density at radius 3 is 2.49 bits per heavy atom. The van der Waals surface area contributed by atoms with Crippen LogP contribution in [0.25, 0.3) is 38.7 Å². The van der Waals surface area contributed by atoms with Gasteiger partial charge in [0.15, 0.2) is 0 Å². The maximum atomic E-state index is 13.1. The SMILES string of the molecule is Cn1cc(-c2cc(=O)n(C3COC3)cc2-c2ccccc2)c2cc(C(=C/N)/C=N/C(F)(F)F)[nH]c2c1=O.[HH]. The second kappa shape index (κ2) is 9.25. The van der Waals surface area contributed by atoms with E-state index >= 15 is 0 Å². The zero-order valence-electron chi connectivity index (χ0n) is 19.6. The molecule has 1 aliphatic rings. The normalized spacial score (nSPS) is 15.0. The standard InChI is InChI=1S/C26H22F3N5O3.H2/c1-33-11-21(19-7-22(32-24(19)25(33)36)16(9-30)10-31-26(27,28)29)18-8-23(35)34(17-13-37-14-17)12-20(18)15-5-3-2-4-6-15;/h2-12,17,32H,13-14,30H2,1H3;1H/b16-9+,31-10+;. The molecular weight excluding hydrogens is 487 g/mol. The molecule has 5 rings (SSSR count). The van der Waals surface area contributed by atoms with Gasteiger partial charge in [0.05, 0.1) is 19.3 Å². The Balaban J connectivity index is 0.00000336. The number of benzene rings is 1. The van der Waals surface area contributed by atoms with E-state index in [1.165, 1.54) is 16.7 Å². The number of hydrogen-bond donors (Lipinski definition) is 2. The number of fused-ring (bicyclic) bond motifs is 1. The summed E-state index contributed by atoms with van der Waals surface area (Å²) in [5.74, 6) is 0. The van der Waals surface area contributed by atoms with E-state index in [0.717, 1.165) is 17.3 Å². The molecule has 0 aliphatic carbocycles. The van der Waals surface area contributed by atoms with Crippen LogP contribution < -0.4 is 16.9 Å². The maximum Gasteiger partial charge on any atom is 0.503 e. The number of halogens is 3. The number of aromatic amines is 1. The number of pyridine rings is 2. The van der Waals surface area contributed by atoms with Gasteiger partial charge in [0.2, 0.25) is 0 Å². The number of nitrogens with one attached hydrogen (secondary N) is 1. The van der Waals surface area contributed by atoms with Gasteiger partial charge in [0.25, 0.3) is 11.1 Å². The smallest absolute Gasteiger partial charge is 0.404 e. The first-order chi connectivity index (χ1) is 17.7. The number of allylic oxidation sites excluding steroid dienone is 1. The van der Waals surface area contributed by atoms with E-state index in [2.05, 4.69) is 9.98 Å². The molecule has 192 valence electrons. The van der Waals surface area contributed by atoms with Crippen LogP contribution in [0, 0.1) is 0 Å². The second-order valence-corrected chi connectivity index (χ2v) is 8.68. The number of nitrogens with two attached hydrogens (primary N) is 1. The quantitative estimate of drug-likeness (QED) is 0.311. The number of nitrogens with zero attached hydrogens (tertiary/aromatic N) is 3. The van der Waals surface area contributed by atoms with Crippen molar-refractivity contribution in [2.24, 2.45) is 17.8 Å². The number of hydrogen-bond acceptors (Lipinski definition) is 5. The number of aliphatic imine (C=N–C) groups is 1. The van der Waals surface area contributed by atoms with Crippen LogP contribution in [0.5, 0.6) is 0 Å². The predicted molar refractivity (Wildman–Crippen MR) is 137 cm³/mol. The molecular formula is C26H24F3N5O3. The Hall–Kier alpha value is -4.38. The van der Waals surface area contributed by atoms with Crippen LogP contribution in [0.4, 0.5) is 13.2 Å². The highest BCUT2D eigenvalue weighted by molar-refractivity contribution is 6.11. The molecule has 1 saturated heterocycles. The first-order valence-corrected chi connectivity index (χ1v) is 11.3. The first-order valence-electron chi connectivity index (χ1n) is 11.3. The van der Waals surface area contributed by atoms with Crippen LogP contribution in [0.2, 0.25) is 0 Å². The fourth-order valence-corrected chi connectivity index (χ4v) is 4.34. The molecule has 11 heteroatoms. The van der Waals surface area contributed by atoms with Crippen molar-refractivity contribution in [1.29, 1.82) is 0 Å². The molecule has 37 heavy (non-hydrogen) atoms. The van der Waals surface area contributed by atoms with E-state index in [-0.39, 0.29) is 29.8 Å². The Morgan fingerprint density at radius 2 is 1.86 bits per heavy atom. The summed E-state index contributed by atoms with van der Waals surface area (Å²) in [4.78, 5) is 31.5. The third-order valence-electron chi connectivity index (χ3n) is 6.27. The van der Waals surface area contributed by atoms with Gasteiger partial charge in [-0.2, -0.15) is 4.99 Å². The van der Waals surface area contributed by atoms with Crippen LogP contribution in [-0.2, 0) is 11.8 Å². The lowest BCUT2D eigenvalue weighted by atomic mass is 9.95. The molecule has 0 saturated carbocycles. The Morgan fingerprint density at radius 1 is 1.14 bits per heavy atom. The van der Waals surface area contributed by atoms with Crippen molar-refractivity contribution in [1.82, 2.24) is 14.1 Å². The highest BCUT2D eigenvalue weighted by Crippen LogP contribution is 2.36.